The van der Waals surface area contributed by atoms with Gasteiger partial charge in [-0.2, -0.15) is 5.10 Å². The van der Waals surface area contributed by atoms with Crippen LogP contribution in [-0.2, 0) is 16.4 Å². The Morgan fingerprint density at radius 2 is 2.03 bits per heavy atom. The molecule has 1 aliphatic rings. The van der Waals surface area contributed by atoms with Crippen LogP contribution in [0.4, 0.5) is 4.39 Å². The number of halogens is 2. The van der Waals surface area contributed by atoms with Crippen molar-refractivity contribution >= 4 is 49.0 Å². The number of pyridine rings is 1. The second kappa shape index (κ2) is 8.92. The third kappa shape index (κ3) is 4.13. The fourth-order valence-corrected chi connectivity index (χ4v) is 6.74. The summed E-state index contributed by atoms with van der Waals surface area (Å²) in [7, 11) is -3.68. The van der Waals surface area contributed by atoms with Crippen LogP contribution >= 0.6 is 11.6 Å². The van der Waals surface area contributed by atoms with Crippen molar-refractivity contribution < 1.29 is 17.6 Å². The van der Waals surface area contributed by atoms with Gasteiger partial charge in [-0.25, -0.2) is 12.8 Å². The number of sulfone groups is 1. The highest BCUT2D eigenvalue weighted by molar-refractivity contribution is 7.93. The van der Waals surface area contributed by atoms with Gasteiger partial charge in [0.05, 0.1) is 28.2 Å². The van der Waals surface area contributed by atoms with Gasteiger partial charge in [0.1, 0.15) is 11.6 Å². The molecule has 0 saturated heterocycles. The van der Waals surface area contributed by atoms with Crippen molar-refractivity contribution in [3.05, 3.63) is 86.8 Å². The zero-order valence-corrected chi connectivity index (χ0v) is 21.8. The van der Waals surface area contributed by atoms with Crippen LogP contribution in [0.15, 0.2) is 53.6 Å². The van der Waals surface area contributed by atoms with Crippen LogP contribution in [0.25, 0.3) is 32.9 Å². The number of hydrogen-bond donors (Lipinski definition) is 2. The van der Waals surface area contributed by atoms with E-state index in [9.17, 15) is 22.4 Å². The van der Waals surface area contributed by atoms with E-state index in [4.69, 9.17) is 11.6 Å². The predicted octanol–water partition coefficient (Wildman–Crippen LogP) is 4.78. The molecule has 1 aliphatic carbocycles. The number of benzene rings is 2. The summed E-state index contributed by atoms with van der Waals surface area (Å²) >= 11 is 6.58. The number of ketones is 1. The molecule has 0 amide bonds. The Labute approximate surface area is 221 Å². The number of carbonyl (C=O) groups excluding carboxylic acids is 1. The Morgan fingerprint density at radius 1 is 1.24 bits per heavy atom. The Balaban J connectivity index is 1.65. The van der Waals surface area contributed by atoms with E-state index in [2.05, 4.69) is 15.2 Å². The maximum atomic E-state index is 14.9. The highest BCUT2D eigenvalue weighted by atomic mass is 35.5. The Hall–Kier alpha value is -3.76. The molecule has 2 N–H and O–H groups in total. The summed E-state index contributed by atoms with van der Waals surface area (Å²) < 4.78 is 42.2. The molecule has 0 spiro atoms. The summed E-state index contributed by atoms with van der Waals surface area (Å²) in [6, 6.07) is 9.58. The lowest BCUT2D eigenvalue weighted by Crippen LogP contribution is -2.23. The van der Waals surface area contributed by atoms with Gasteiger partial charge >= 0.3 is 0 Å². The standard InChI is InChI=1S/C27H22ClFN4O4S/c1-14-7-19-23(10-21(14)29)33(12-16-8-15-11-31-32-22(15)9-20(16)28)26(24(34)13-38(36,37)17-4-5-17)25(19)18-3-2-6-30-27(18)35/h2-3,6-11,17H,4-5,12-13H2,1H3,(H,30,35)(H,31,32). The van der Waals surface area contributed by atoms with Crippen LogP contribution < -0.4 is 5.56 Å². The second-order valence-corrected chi connectivity index (χ2v) is 12.4. The molecule has 38 heavy (non-hydrogen) atoms. The summed E-state index contributed by atoms with van der Waals surface area (Å²) in [5, 5.41) is 7.98. The molecule has 1 fully saturated rings. The molecule has 2 aromatic carbocycles. The van der Waals surface area contributed by atoms with E-state index >= 15 is 0 Å². The van der Waals surface area contributed by atoms with E-state index in [0.29, 0.717) is 39.9 Å². The topological polar surface area (TPSA) is 118 Å². The summed E-state index contributed by atoms with van der Waals surface area (Å²) in [5.74, 6) is -1.86. The Morgan fingerprint density at radius 3 is 2.76 bits per heavy atom. The minimum Gasteiger partial charge on any atom is -0.333 e. The number of nitrogens with zero attached hydrogens (tertiary/aromatic N) is 2. The number of aromatic amines is 2. The molecule has 194 valence electrons. The van der Waals surface area contributed by atoms with E-state index in [-0.39, 0.29) is 23.4 Å². The molecular weight excluding hydrogens is 531 g/mol. The first-order valence-electron chi connectivity index (χ1n) is 12.0. The van der Waals surface area contributed by atoms with Gasteiger partial charge < -0.3 is 9.55 Å². The van der Waals surface area contributed by atoms with Crippen LogP contribution in [0.2, 0.25) is 5.02 Å². The number of rotatable bonds is 7. The molecular formula is C27H22ClFN4O4S. The zero-order chi connectivity index (χ0) is 26.8. The first-order valence-corrected chi connectivity index (χ1v) is 14.1. The Kier molecular flexibility index (Phi) is 5.77. The van der Waals surface area contributed by atoms with Crippen molar-refractivity contribution in [3.63, 3.8) is 0 Å². The van der Waals surface area contributed by atoms with Gasteiger partial charge in [-0.15, -0.1) is 0 Å². The second-order valence-electron chi connectivity index (χ2n) is 9.67. The fourth-order valence-electron chi connectivity index (χ4n) is 4.92. The number of aromatic nitrogens is 4. The number of aryl methyl sites for hydroxylation is 1. The van der Waals surface area contributed by atoms with Crippen molar-refractivity contribution in [3.8, 4) is 11.1 Å². The number of hydrogen-bond acceptors (Lipinski definition) is 5. The zero-order valence-electron chi connectivity index (χ0n) is 20.2. The molecule has 5 aromatic rings. The van der Waals surface area contributed by atoms with Gasteiger partial charge in [0.25, 0.3) is 5.56 Å². The van der Waals surface area contributed by atoms with Crippen molar-refractivity contribution in [2.45, 2.75) is 31.6 Å². The third-order valence-electron chi connectivity index (χ3n) is 7.00. The van der Waals surface area contributed by atoms with Crippen LogP contribution in [0.5, 0.6) is 0 Å². The summed E-state index contributed by atoms with van der Waals surface area (Å²) in [6.07, 6.45) is 4.15. The number of nitrogens with one attached hydrogen (secondary N) is 2. The Bertz CT molecular complexity index is 1940. The van der Waals surface area contributed by atoms with Gasteiger partial charge in [0.2, 0.25) is 0 Å². The number of Topliss-reactive ketones (excluding diaryl/α,β-unsaturated/α-hetero) is 1. The highest BCUT2D eigenvalue weighted by Gasteiger charge is 2.38. The van der Waals surface area contributed by atoms with E-state index in [0.717, 1.165) is 10.9 Å². The average molecular weight is 553 g/mol. The van der Waals surface area contributed by atoms with Crippen LogP contribution in [-0.4, -0.2) is 45.0 Å². The van der Waals surface area contributed by atoms with Gasteiger partial charge in [0, 0.05) is 39.7 Å². The lowest BCUT2D eigenvalue weighted by molar-refractivity contribution is 0.101. The van der Waals surface area contributed by atoms with Crippen molar-refractivity contribution in [2.75, 3.05) is 5.75 Å². The number of H-pyrrole nitrogens is 2. The summed E-state index contributed by atoms with van der Waals surface area (Å²) in [4.78, 5) is 29.4. The normalized spacial score (nSPS) is 14.0. The monoisotopic (exact) mass is 552 g/mol. The van der Waals surface area contributed by atoms with Gasteiger partial charge in [-0.1, -0.05) is 11.6 Å². The van der Waals surface area contributed by atoms with Crippen LogP contribution in [0, 0.1) is 12.7 Å². The lowest BCUT2D eigenvalue weighted by atomic mass is 10.0. The first-order chi connectivity index (χ1) is 18.1. The van der Waals surface area contributed by atoms with E-state index in [1.54, 1.807) is 42.0 Å². The maximum Gasteiger partial charge on any atom is 0.255 e. The molecule has 0 unspecified atom stereocenters. The quantitative estimate of drug-likeness (QED) is 0.282. The molecule has 0 aliphatic heterocycles. The first kappa shape index (κ1) is 24.6. The van der Waals surface area contributed by atoms with E-state index in [1.165, 1.54) is 12.3 Å². The minimum absolute atomic E-state index is 0.0225. The van der Waals surface area contributed by atoms with Crippen LogP contribution in [0.3, 0.4) is 0 Å². The third-order valence-corrected chi connectivity index (χ3v) is 9.50. The predicted molar refractivity (Wildman–Crippen MR) is 144 cm³/mol. The van der Waals surface area contributed by atoms with Crippen molar-refractivity contribution in [2.24, 2.45) is 0 Å². The van der Waals surface area contributed by atoms with Gasteiger partial charge in [-0.3, -0.25) is 14.7 Å². The van der Waals surface area contributed by atoms with Crippen LogP contribution in [0.1, 0.15) is 34.5 Å². The van der Waals surface area contributed by atoms with E-state index in [1.807, 2.05) is 6.07 Å². The molecule has 6 rings (SSSR count). The van der Waals surface area contributed by atoms with E-state index < -0.39 is 38.0 Å². The maximum absolute atomic E-state index is 14.9. The minimum atomic E-state index is -3.68. The number of fused-ring (bicyclic) bond motifs is 2. The smallest absolute Gasteiger partial charge is 0.255 e. The van der Waals surface area contributed by atoms with Crippen molar-refractivity contribution in [1.82, 2.24) is 19.7 Å². The number of carbonyl (C=O) groups is 1. The molecule has 0 radical (unpaired) electrons. The fraction of sp³-hybridized carbons (Fsp3) is 0.222. The SMILES string of the molecule is Cc1cc2c(-c3ccc[nH]c3=O)c(C(=O)CS(=O)(=O)C3CC3)n(Cc3cc4cn[nH]c4cc3Cl)c2cc1F. The lowest BCUT2D eigenvalue weighted by Gasteiger charge is -2.14. The molecule has 0 atom stereocenters. The summed E-state index contributed by atoms with van der Waals surface area (Å²) in [6.45, 7) is 1.63. The largest absolute Gasteiger partial charge is 0.333 e. The van der Waals surface area contributed by atoms with Gasteiger partial charge in [-0.05, 0) is 67.3 Å². The molecule has 3 aromatic heterocycles. The molecule has 1 saturated carbocycles. The summed E-state index contributed by atoms with van der Waals surface area (Å²) in [5.41, 5.74) is 2.03. The molecule has 8 nitrogen and oxygen atoms in total. The van der Waals surface area contributed by atoms with Crippen molar-refractivity contribution in [1.29, 1.82) is 0 Å². The highest BCUT2D eigenvalue weighted by Crippen LogP contribution is 2.38. The molecule has 11 heteroatoms. The van der Waals surface area contributed by atoms with Gasteiger partial charge in [0.15, 0.2) is 15.6 Å². The molecule has 3 heterocycles. The average Bonchev–Trinajstić information content (AvgIpc) is 3.58. The molecule has 0 bridgehead atoms.